The van der Waals surface area contributed by atoms with Crippen LogP contribution in [0.2, 0.25) is 0 Å². The van der Waals surface area contributed by atoms with Crippen molar-refractivity contribution < 1.29 is 13.6 Å². The molecule has 0 aliphatic rings. The molecule has 1 aromatic carbocycles. The van der Waals surface area contributed by atoms with Crippen LogP contribution in [0.5, 0.6) is 0 Å². The Labute approximate surface area is 141 Å². The van der Waals surface area contributed by atoms with Gasteiger partial charge in [-0.2, -0.15) is 0 Å². The number of furan rings is 2. The van der Waals surface area contributed by atoms with Crippen LogP contribution in [0.3, 0.4) is 0 Å². The topological polar surface area (TPSA) is 101 Å². The van der Waals surface area contributed by atoms with Gasteiger partial charge in [-0.05, 0) is 26.0 Å². The van der Waals surface area contributed by atoms with Crippen LogP contribution in [-0.2, 0) is 0 Å². The van der Waals surface area contributed by atoms with Crippen molar-refractivity contribution in [2.24, 2.45) is 0 Å². The van der Waals surface area contributed by atoms with Crippen LogP contribution in [0, 0.1) is 6.92 Å². The molecule has 0 aliphatic carbocycles. The molecule has 0 unspecified atom stereocenters. The molecule has 7 heteroatoms. The number of amides is 1. The zero-order valence-corrected chi connectivity index (χ0v) is 13.6. The van der Waals surface area contributed by atoms with E-state index in [4.69, 9.17) is 8.83 Å². The summed E-state index contributed by atoms with van der Waals surface area (Å²) in [6.45, 7) is 3.44. The minimum atomic E-state index is -0.414. The van der Waals surface area contributed by atoms with Crippen molar-refractivity contribution in [1.82, 2.24) is 15.3 Å². The first-order valence-electron chi connectivity index (χ1n) is 7.80. The molecule has 7 nitrogen and oxygen atoms in total. The zero-order chi connectivity index (χ0) is 17.6. The Balaban J connectivity index is 1.68. The third-order valence-corrected chi connectivity index (χ3v) is 4.12. The lowest BCUT2D eigenvalue weighted by Gasteiger charge is -2.10. The number of benzene rings is 1. The van der Waals surface area contributed by atoms with Crippen LogP contribution < -0.4 is 10.9 Å². The van der Waals surface area contributed by atoms with E-state index in [0.717, 1.165) is 11.0 Å². The molecular formula is C18H15N3O4. The average Bonchev–Trinajstić information content (AvgIpc) is 3.15. The Morgan fingerprint density at radius 3 is 2.88 bits per heavy atom. The number of fused-ring (bicyclic) bond motifs is 2. The Morgan fingerprint density at radius 2 is 2.08 bits per heavy atom. The molecule has 25 heavy (non-hydrogen) atoms. The van der Waals surface area contributed by atoms with Gasteiger partial charge in [-0.3, -0.25) is 9.59 Å². The van der Waals surface area contributed by atoms with Gasteiger partial charge in [0.15, 0.2) is 0 Å². The summed E-state index contributed by atoms with van der Waals surface area (Å²) in [6.07, 6.45) is 1.24. The van der Waals surface area contributed by atoms with Gasteiger partial charge in [0.1, 0.15) is 22.5 Å². The van der Waals surface area contributed by atoms with Crippen molar-refractivity contribution in [3.8, 4) is 0 Å². The van der Waals surface area contributed by atoms with Crippen molar-refractivity contribution in [3.63, 3.8) is 0 Å². The lowest BCUT2D eigenvalue weighted by Crippen LogP contribution is -2.27. The summed E-state index contributed by atoms with van der Waals surface area (Å²) in [5.74, 6) is 0.559. The number of nitrogens with one attached hydrogen (secondary N) is 2. The number of nitrogens with zero attached hydrogens (tertiary/aromatic N) is 1. The summed E-state index contributed by atoms with van der Waals surface area (Å²) >= 11 is 0. The number of aromatic nitrogens is 2. The van der Waals surface area contributed by atoms with Crippen LogP contribution in [0.1, 0.15) is 34.8 Å². The molecule has 1 atom stereocenters. The fourth-order valence-corrected chi connectivity index (χ4v) is 2.88. The highest BCUT2D eigenvalue weighted by atomic mass is 16.3. The fourth-order valence-electron chi connectivity index (χ4n) is 2.88. The second kappa shape index (κ2) is 5.62. The summed E-state index contributed by atoms with van der Waals surface area (Å²) in [5.41, 5.74) is 0.669. The number of carbonyl (C=O) groups excluding carboxylic acids is 1. The van der Waals surface area contributed by atoms with Gasteiger partial charge in [-0.25, -0.2) is 4.98 Å². The summed E-state index contributed by atoms with van der Waals surface area (Å²) in [6, 6.07) is 9.13. The number of carbonyl (C=O) groups is 1. The third kappa shape index (κ3) is 2.50. The molecule has 0 bridgehead atoms. The van der Waals surface area contributed by atoms with E-state index >= 15 is 0 Å². The van der Waals surface area contributed by atoms with Gasteiger partial charge in [-0.15, -0.1) is 0 Å². The van der Waals surface area contributed by atoms with Crippen LogP contribution in [0.4, 0.5) is 0 Å². The highest BCUT2D eigenvalue weighted by Crippen LogP contribution is 2.25. The SMILES string of the molecule is Cc1oc2nc[nH]c(=O)c2c1C(=O)N[C@@H](C)c1cc2ccccc2o1. The van der Waals surface area contributed by atoms with Crippen LogP contribution in [0.25, 0.3) is 22.1 Å². The van der Waals surface area contributed by atoms with E-state index in [-0.39, 0.29) is 22.7 Å². The Bertz CT molecular complexity index is 1120. The summed E-state index contributed by atoms with van der Waals surface area (Å²) < 4.78 is 11.2. The highest BCUT2D eigenvalue weighted by Gasteiger charge is 2.24. The molecule has 4 aromatic rings. The number of aryl methyl sites for hydroxylation is 1. The van der Waals surface area contributed by atoms with Gasteiger partial charge in [-0.1, -0.05) is 18.2 Å². The first-order valence-corrected chi connectivity index (χ1v) is 7.80. The molecular weight excluding hydrogens is 322 g/mol. The van der Waals surface area contributed by atoms with E-state index in [1.165, 1.54) is 6.33 Å². The lowest BCUT2D eigenvalue weighted by molar-refractivity contribution is 0.0935. The Kier molecular flexibility index (Phi) is 3.42. The van der Waals surface area contributed by atoms with Gasteiger partial charge in [0, 0.05) is 5.39 Å². The average molecular weight is 337 g/mol. The highest BCUT2D eigenvalue weighted by molar-refractivity contribution is 6.06. The van der Waals surface area contributed by atoms with Crippen molar-refractivity contribution in [1.29, 1.82) is 0 Å². The van der Waals surface area contributed by atoms with Gasteiger partial charge in [0.25, 0.3) is 11.5 Å². The molecule has 0 saturated carbocycles. The van der Waals surface area contributed by atoms with Crippen LogP contribution in [0.15, 0.2) is 50.3 Å². The molecule has 2 N–H and O–H groups in total. The molecule has 0 fully saturated rings. The zero-order valence-electron chi connectivity index (χ0n) is 13.6. The fraction of sp³-hybridized carbons (Fsp3) is 0.167. The maximum atomic E-state index is 12.7. The molecule has 0 saturated heterocycles. The van der Waals surface area contributed by atoms with Crippen molar-refractivity contribution in [2.45, 2.75) is 19.9 Å². The van der Waals surface area contributed by atoms with E-state index in [1.807, 2.05) is 37.3 Å². The van der Waals surface area contributed by atoms with E-state index in [2.05, 4.69) is 15.3 Å². The molecule has 4 rings (SSSR count). The second-order valence-corrected chi connectivity index (χ2v) is 5.83. The molecule has 0 spiro atoms. The molecule has 1 amide bonds. The van der Waals surface area contributed by atoms with Gasteiger partial charge in [0.05, 0.1) is 17.9 Å². The number of rotatable bonds is 3. The number of para-hydroxylation sites is 1. The summed E-state index contributed by atoms with van der Waals surface area (Å²) in [7, 11) is 0. The molecule has 0 aliphatic heterocycles. The molecule has 3 heterocycles. The minimum Gasteiger partial charge on any atom is -0.459 e. The molecule has 0 radical (unpaired) electrons. The maximum Gasteiger partial charge on any atom is 0.262 e. The maximum absolute atomic E-state index is 12.7. The minimum absolute atomic E-state index is 0.141. The van der Waals surface area contributed by atoms with E-state index < -0.39 is 11.5 Å². The van der Waals surface area contributed by atoms with E-state index in [1.54, 1.807) is 6.92 Å². The Hall–Kier alpha value is -3.35. The molecule has 3 aromatic heterocycles. The summed E-state index contributed by atoms with van der Waals surface area (Å²) in [5, 5.41) is 3.96. The predicted molar refractivity (Wildman–Crippen MR) is 91.5 cm³/mol. The van der Waals surface area contributed by atoms with E-state index in [0.29, 0.717) is 11.5 Å². The number of hydrogen-bond acceptors (Lipinski definition) is 5. The quantitative estimate of drug-likeness (QED) is 0.598. The largest absolute Gasteiger partial charge is 0.459 e. The smallest absolute Gasteiger partial charge is 0.262 e. The second-order valence-electron chi connectivity index (χ2n) is 5.83. The van der Waals surface area contributed by atoms with Crippen LogP contribution >= 0.6 is 0 Å². The molecule has 126 valence electrons. The van der Waals surface area contributed by atoms with Crippen molar-refractivity contribution in [3.05, 3.63) is 64.1 Å². The first kappa shape index (κ1) is 15.2. The van der Waals surface area contributed by atoms with E-state index in [9.17, 15) is 9.59 Å². The Morgan fingerprint density at radius 1 is 1.28 bits per heavy atom. The number of H-pyrrole nitrogens is 1. The standard InChI is InChI=1S/C18H15N3O4/c1-9(13-7-11-5-3-4-6-12(11)25-13)21-17(23)14-10(2)24-18-15(14)16(22)19-8-20-18/h3-9H,1-2H3,(H,21,23)(H,19,20,22)/t9-/m0/s1. The van der Waals surface area contributed by atoms with Gasteiger partial charge in [0.2, 0.25) is 5.71 Å². The first-order chi connectivity index (χ1) is 12.0. The van der Waals surface area contributed by atoms with Gasteiger partial charge >= 0.3 is 0 Å². The number of aromatic amines is 1. The summed E-state index contributed by atoms with van der Waals surface area (Å²) in [4.78, 5) is 31.1. The van der Waals surface area contributed by atoms with Crippen molar-refractivity contribution >= 4 is 28.0 Å². The monoisotopic (exact) mass is 337 g/mol. The van der Waals surface area contributed by atoms with Crippen LogP contribution in [-0.4, -0.2) is 15.9 Å². The van der Waals surface area contributed by atoms with Crippen molar-refractivity contribution in [2.75, 3.05) is 0 Å². The van der Waals surface area contributed by atoms with Gasteiger partial charge < -0.3 is 19.1 Å². The third-order valence-electron chi connectivity index (χ3n) is 4.12. The normalized spacial score (nSPS) is 12.6. The number of hydrogen-bond donors (Lipinski definition) is 2. The lowest BCUT2D eigenvalue weighted by atomic mass is 10.1. The predicted octanol–water partition coefficient (Wildman–Crippen LogP) is 3.06.